The van der Waals surface area contributed by atoms with Crippen LogP contribution in [-0.4, -0.2) is 35.3 Å². The lowest BCUT2D eigenvalue weighted by Gasteiger charge is -2.30. The summed E-state index contributed by atoms with van der Waals surface area (Å²) < 4.78 is 0. The lowest BCUT2D eigenvalue weighted by molar-refractivity contribution is -0.130. The van der Waals surface area contributed by atoms with Gasteiger partial charge in [0.25, 0.3) is 0 Å². The summed E-state index contributed by atoms with van der Waals surface area (Å²) in [6.45, 7) is 2.76. The zero-order valence-electron chi connectivity index (χ0n) is 12.6. The molecule has 0 radical (unpaired) electrons. The molecule has 2 amide bonds. The highest BCUT2D eigenvalue weighted by Crippen LogP contribution is 2.38. The Hall–Kier alpha value is -1.57. The molecule has 5 heteroatoms. The number of likely N-dealkylation sites (tertiary alicyclic amines) is 1. The number of nitriles is 1. The number of nitrogens with one attached hydrogen (secondary N) is 1. The van der Waals surface area contributed by atoms with Gasteiger partial charge in [-0.25, -0.2) is 0 Å². The van der Waals surface area contributed by atoms with Crippen molar-refractivity contribution >= 4 is 11.8 Å². The van der Waals surface area contributed by atoms with Gasteiger partial charge in [0.1, 0.15) is 5.41 Å². The molecule has 5 nitrogen and oxygen atoms in total. The van der Waals surface area contributed by atoms with Crippen molar-refractivity contribution in [2.24, 2.45) is 11.3 Å². The summed E-state index contributed by atoms with van der Waals surface area (Å²) in [5.74, 6) is 0.574. The fourth-order valence-electron chi connectivity index (χ4n) is 3.75. The zero-order valence-corrected chi connectivity index (χ0v) is 12.6. The molecule has 0 bridgehead atoms. The quantitative estimate of drug-likeness (QED) is 0.857. The van der Waals surface area contributed by atoms with Crippen LogP contribution in [0.15, 0.2) is 0 Å². The topological polar surface area (TPSA) is 73.2 Å². The van der Waals surface area contributed by atoms with Crippen molar-refractivity contribution in [3.05, 3.63) is 0 Å². The Morgan fingerprint density at radius 1 is 1.38 bits per heavy atom. The van der Waals surface area contributed by atoms with E-state index in [0.717, 1.165) is 25.7 Å². The van der Waals surface area contributed by atoms with Crippen molar-refractivity contribution < 1.29 is 9.59 Å². The Kier molecular flexibility index (Phi) is 3.64. The van der Waals surface area contributed by atoms with E-state index in [2.05, 4.69) is 18.3 Å². The van der Waals surface area contributed by atoms with E-state index in [-0.39, 0.29) is 17.9 Å². The van der Waals surface area contributed by atoms with E-state index in [4.69, 9.17) is 0 Å². The van der Waals surface area contributed by atoms with Crippen LogP contribution in [0.25, 0.3) is 0 Å². The Labute approximate surface area is 125 Å². The van der Waals surface area contributed by atoms with Crippen molar-refractivity contribution in [2.75, 3.05) is 6.54 Å². The van der Waals surface area contributed by atoms with Gasteiger partial charge in [0.2, 0.25) is 11.8 Å². The summed E-state index contributed by atoms with van der Waals surface area (Å²) in [5, 5.41) is 12.4. The molecule has 21 heavy (non-hydrogen) atoms. The number of carbonyl (C=O) groups is 2. The minimum atomic E-state index is -0.860. The van der Waals surface area contributed by atoms with Crippen molar-refractivity contribution in [1.82, 2.24) is 10.2 Å². The molecule has 1 saturated heterocycles. The molecule has 3 aliphatic rings. The maximum Gasteiger partial charge on any atom is 0.240 e. The molecule has 1 N–H and O–H groups in total. The van der Waals surface area contributed by atoms with Crippen LogP contribution in [0.5, 0.6) is 0 Å². The van der Waals surface area contributed by atoms with Crippen LogP contribution in [0.4, 0.5) is 0 Å². The Balaban J connectivity index is 1.60. The van der Waals surface area contributed by atoms with E-state index < -0.39 is 5.41 Å². The molecule has 0 aromatic carbocycles. The lowest BCUT2D eigenvalue weighted by atomic mass is 9.74. The van der Waals surface area contributed by atoms with Gasteiger partial charge in [0, 0.05) is 19.0 Å². The second-order valence-electron chi connectivity index (χ2n) is 6.96. The Bertz CT molecular complexity index is 490. The van der Waals surface area contributed by atoms with E-state index >= 15 is 0 Å². The first-order chi connectivity index (χ1) is 10.1. The van der Waals surface area contributed by atoms with Gasteiger partial charge in [-0.3, -0.25) is 9.59 Å². The summed E-state index contributed by atoms with van der Waals surface area (Å²) in [4.78, 5) is 26.4. The van der Waals surface area contributed by atoms with E-state index in [1.807, 2.05) is 4.90 Å². The number of rotatable bonds is 3. The molecule has 0 unspecified atom stereocenters. The molecule has 0 spiro atoms. The fourth-order valence-corrected chi connectivity index (χ4v) is 3.75. The largest absolute Gasteiger partial charge is 0.350 e. The lowest BCUT2D eigenvalue weighted by Crippen LogP contribution is -2.47. The molecule has 2 aliphatic carbocycles. The maximum absolute atomic E-state index is 12.5. The Morgan fingerprint density at radius 3 is 2.62 bits per heavy atom. The molecule has 0 aromatic heterocycles. The highest BCUT2D eigenvalue weighted by atomic mass is 16.2. The molecule has 3 fully saturated rings. The zero-order chi connectivity index (χ0) is 15.0. The van der Waals surface area contributed by atoms with Crippen LogP contribution in [0.1, 0.15) is 51.9 Å². The van der Waals surface area contributed by atoms with Gasteiger partial charge in [-0.2, -0.15) is 5.26 Å². The normalized spacial score (nSPS) is 34.4. The molecule has 1 heterocycles. The molecule has 2 saturated carbocycles. The van der Waals surface area contributed by atoms with Crippen LogP contribution in [-0.2, 0) is 9.59 Å². The van der Waals surface area contributed by atoms with Crippen LogP contribution < -0.4 is 5.32 Å². The monoisotopic (exact) mass is 289 g/mol. The average molecular weight is 289 g/mol. The van der Waals surface area contributed by atoms with E-state index in [1.165, 1.54) is 0 Å². The Morgan fingerprint density at radius 2 is 2.05 bits per heavy atom. The third-order valence-corrected chi connectivity index (χ3v) is 5.32. The second-order valence-corrected chi connectivity index (χ2v) is 6.96. The molecule has 3 rings (SSSR count). The smallest absolute Gasteiger partial charge is 0.240 e. The molecule has 3 atom stereocenters. The van der Waals surface area contributed by atoms with Gasteiger partial charge in [0.15, 0.2) is 0 Å². The molecule has 1 aliphatic heterocycles. The molecule has 114 valence electrons. The van der Waals surface area contributed by atoms with Gasteiger partial charge >= 0.3 is 0 Å². The van der Waals surface area contributed by atoms with Crippen molar-refractivity contribution in [3.63, 3.8) is 0 Å². The third kappa shape index (κ3) is 2.64. The maximum atomic E-state index is 12.5. The van der Waals surface area contributed by atoms with E-state index in [0.29, 0.717) is 37.8 Å². The summed E-state index contributed by atoms with van der Waals surface area (Å²) in [5.41, 5.74) is -0.860. The van der Waals surface area contributed by atoms with Crippen LogP contribution in [0, 0.1) is 22.7 Å². The van der Waals surface area contributed by atoms with Crippen molar-refractivity contribution in [1.29, 1.82) is 5.26 Å². The van der Waals surface area contributed by atoms with Crippen LogP contribution in [0.3, 0.4) is 0 Å². The highest BCUT2D eigenvalue weighted by Gasteiger charge is 2.46. The predicted octanol–water partition coefficient (Wildman–Crippen LogP) is 1.59. The van der Waals surface area contributed by atoms with Gasteiger partial charge in [0.05, 0.1) is 12.1 Å². The second kappa shape index (κ2) is 5.32. The van der Waals surface area contributed by atoms with Crippen LogP contribution >= 0.6 is 0 Å². The summed E-state index contributed by atoms with van der Waals surface area (Å²) in [6, 6.07) is 2.50. The number of carbonyl (C=O) groups excluding carboxylic acids is 2. The summed E-state index contributed by atoms with van der Waals surface area (Å²) in [6.07, 6.45) is 5.75. The minimum Gasteiger partial charge on any atom is -0.350 e. The number of hydrogen-bond acceptors (Lipinski definition) is 3. The number of nitrogens with zero attached hydrogens (tertiary/aromatic N) is 2. The van der Waals surface area contributed by atoms with Crippen molar-refractivity contribution in [3.8, 4) is 6.07 Å². The summed E-state index contributed by atoms with van der Waals surface area (Å²) >= 11 is 0. The van der Waals surface area contributed by atoms with Gasteiger partial charge in [-0.05, 0) is 25.2 Å². The summed E-state index contributed by atoms with van der Waals surface area (Å²) in [7, 11) is 0. The first-order valence-electron chi connectivity index (χ1n) is 8.07. The number of hydrogen-bond donors (Lipinski definition) is 1. The fraction of sp³-hybridized carbons (Fsp3) is 0.812. The first-order valence-corrected chi connectivity index (χ1v) is 8.07. The third-order valence-electron chi connectivity index (χ3n) is 5.32. The molecular weight excluding hydrogens is 266 g/mol. The standard InChI is InChI=1S/C16H23N3O2/c1-11-7-13(11)19-9-12(8-14(19)20)18-15(21)16(10-17)5-3-2-4-6-16/h11-13H,2-9H2,1H3,(H,18,21)/t11-,12+,13+/m1/s1. The van der Waals surface area contributed by atoms with Gasteiger partial charge < -0.3 is 10.2 Å². The van der Waals surface area contributed by atoms with Gasteiger partial charge in [-0.15, -0.1) is 0 Å². The predicted molar refractivity (Wildman–Crippen MR) is 77.0 cm³/mol. The minimum absolute atomic E-state index is 0.120. The van der Waals surface area contributed by atoms with Gasteiger partial charge in [-0.1, -0.05) is 26.2 Å². The average Bonchev–Trinajstić information content (AvgIpc) is 3.10. The highest BCUT2D eigenvalue weighted by molar-refractivity contribution is 5.87. The van der Waals surface area contributed by atoms with Crippen LogP contribution in [0.2, 0.25) is 0 Å². The molecular formula is C16H23N3O2. The molecule has 0 aromatic rings. The van der Waals surface area contributed by atoms with Crippen molar-refractivity contribution in [2.45, 2.75) is 64.0 Å². The van der Waals surface area contributed by atoms with E-state index in [1.54, 1.807) is 0 Å². The van der Waals surface area contributed by atoms with E-state index in [9.17, 15) is 14.9 Å². The first kappa shape index (κ1) is 14.4. The number of amides is 2. The SMILES string of the molecule is C[C@@H]1C[C@@H]1N1C[C@@H](NC(=O)C2(C#N)CCCCC2)CC1=O.